The summed E-state index contributed by atoms with van der Waals surface area (Å²) < 4.78 is 25.2. The molecule has 1 rings (SSSR count). The molecule has 0 aliphatic heterocycles. The third-order valence-corrected chi connectivity index (χ3v) is 1.55. The Kier molecular flexibility index (Phi) is 3.08. The van der Waals surface area contributed by atoms with Gasteiger partial charge in [0, 0.05) is 12.5 Å². The maximum absolute atomic E-state index is 12.6. The highest BCUT2D eigenvalue weighted by atomic mass is 19.1. The van der Waals surface area contributed by atoms with Gasteiger partial charge in [-0.3, -0.25) is 4.79 Å². The van der Waals surface area contributed by atoms with Crippen molar-refractivity contribution in [2.24, 2.45) is 5.73 Å². The van der Waals surface area contributed by atoms with E-state index < -0.39 is 11.6 Å². The Bertz CT molecular complexity index is 305. The van der Waals surface area contributed by atoms with Gasteiger partial charge in [-0.2, -0.15) is 0 Å². The van der Waals surface area contributed by atoms with Crippen molar-refractivity contribution in [3.05, 3.63) is 35.4 Å². The van der Waals surface area contributed by atoms with Gasteiger partial charge < -0.3 is 5.73 Å². The van der Waals surface area contributed by atoms with Crippen LogP contribution in [0.15, 0.2) is 18.2 Å². The van der Waals surface area contributed by atoms with Gasteiger partial charge in [0.2, 0.25) is 0 Å². The smallest absolute Gasteiger partial charge is 0.150 e. The number of rotatable bonds is 3. The van der Waals surface area contributed by atoms with Crippen LogP contribution in [0.4, 0.5) is 8.78 Å². The van der Waals surface area contributed by atoms with E-state index in [0.717, 1.165) is 18.2 Å². The van der Waals surface area contributed by atoms with Gasteiger partial charge in [-0.05, 0) is 17.7 Å². The first-order valence-corrected chi connectivity index (χ1v) is 3.78. The van der Waals surface area contributed by atoms with Gasteiger partial charge in [0.25, 0.3) is 0 Å². The number of nitrogens with two attached hydrogens (primary N) is 1. The molecule has 0 aliphatic carbocycles. The number of carbonyl (C=O) groups excluding carboxylic acids is 1. The van der Waals surface area contributed by atoms with Gasteiger partial charge in [-0.25, -0.2) is 8.78 Å². The predicted octanol–water partition coefficient (Wildman–Crippen LogP) is 1.04. The second kappa shape index (κ2) is 4.09. The van der Waals surface area contributed by atoms with Crippen molar-refractivity contribution in [3.63, 3.8) is 0 Å². The maximum atomic E-state index is 12.6. The molecule has 0 radical (unpaired) electrons. The minimum absolute atomic E-state index is 0.0226. The average molecular weight is 185 g/mol. The van der Waals surface area contributed by atoms with Gasteiger partial charge in [0.15, 0.2) is 5.78 Å². The van der Waals surface area contributed by atoms with Crippen molar-refractivity contribution in [1.82, 2.24) is 0 Å². The first-order chi connectivity index (χ1) is 6.11. The van der Waals surface area contributed by atoms with Gasteiger partial charge in [-0.1, -0.05) is 0 Å². The second-order valence-corrected chi connectivity index (χ2v) is 2.70. The molecule has 0 spiro atoms. The SMILES string of the molecule is NCC(=O)Cc1cc(F)cc(F)c1. The summed E-state index contributed by atoms with van der Waals surface area (Å²) in [4.78, 5) is 10.8. The topological polar surface area (TPSA) is 43.1 Å². The molecular weight excluding hydrogens is 176 g/mol. The van der Waals surface area contributed by atoms with Crippen LogP contribution in [0, 0.1) is 11.6 Å². The number of halogens is 2. The molecule has 70 valence electrons. The van der Waals surface area contributed by atoms with Gasteiger partial charge in [-0.15, -0.1) is 0 Å². The van der Waals surface area contributed by atoms with Crippen LogP contribution in [0.2, 0.25) is 0 Å². The van der Waals surface area contributed by atoms with E-state index >= 15 is 0 Å². The third-order valence-electron chi connectivity index (χ3n) is 1.55. The van der Waals surface area contributed by atoms with E-state index in [2.05, 4.69) is 0 Å². The van der Waals surface area contributed by atoms with Crippen molar-refractivity contribution < 1.29 is 13.6 Å². The monoisotopic (exact) mass is 185 g/mol. The van der Waals surface area contributed by atoms with Crippen molar-refractivity contribution in [2.45, 2.75) is 6.42 Å². The normalized spacial score (nSPS) is 10.1. The summed E-state index contributed by atoms with van der Waals surface area (Å²) in [6.45, 7) is -0.113. The zero-order valence-corrected chi connectivity index (χ0v) is 6.89. The third kappa shape index (κ3) is 2.91. The maximum Gasteiger partial charge on any atom is 0.150 e. The molecule has 0 bridgehead atoms. The van der Waals surface area contributed by atoms with Crippen molar-refractivity contribution in [3.8, 4) is 0 Å². The molecule has 1 aromatic rings. The Morgan fingerprint density at radius 1 is 1.23 bits per heavy atom. The van der Waals surface area contributed by atoms with Crippen LogP contribution >= 0.6 is 0 Å². The fourth-order valence-electron chi connectivity index (χ4n) is 1.01. The van der Waals surface area contributed by atoms with Gasteiger partial charge in [0.1, 0.15) is 11.6 Å². The van der Waals surface area contributed by atoms with E-state index in [0.29, 0.717) is 5.56 Å². The van der Waals surface area contributed by atoms with E-state index in [1.807, 2.05) is 0 Å². The zero-order chi connectivity index (χ0) is 9.84. The lowest BCUT2D eigenvalue weighted by molar-refractivity contribution is -0.117. The highest BCUT2D eigenvalue weighted by molar-refractivity contribution is 5.82. The fourth-order valence-corrected chi connectivity index (χ4v) is 1.01. The number of hydrogen-bond acceptors (Lipinski definition) is 2. The number of hydrogen-bond donors (Lipinski definition) is 1. The molecule has 1 aromatic carbocycles. The zero-order valence-electron chi connectivity index (χ0n) is 6.89. The molecule has 2 nitrogen and oxygen atoms in total. The molecule has 4 heteroatoms. The summed E-state index contributed by atoms with van der Waals surface area (Å²) in [7, 11) is 0. The molecule has 13 heavy (non-hydrogen) atoms. The minimum atomic E-state index is -0.681. The molecule has 0 saturated heterocycles. The Morgan fingerprint density at radius 3 is 2.23 bits per heavy atom. The van der Waals surface area contributed by atoms with Gasteiger partial charge in [0.05, 0.1) is 6.54 Å². The minimum Gasteiger partial charge on any atom is -0.324 e. The molecule has 0 atom stereocenters. The largest absolute Gasteiger partial charge is 0.324 e. The van der Waals surface area contributed by atoms with Crippen molar-refractivity contribution in [2.75, 3.05) is 6.54 Å². The predicted molar refractivity (Wildman–Crippen MR) is 44.1 cm³/mol. The quantitative estimate of drug-likeness (QED) is 0.764. The molecule has 0 heterocycles. The summed E-state index contributed by atoms with van der Waals surface area (Å²) in [6.07, 6.45) is -0.0226. The summed E-state index contributed by atoms with van der Waals surface area (Å²) in [5.74, 6) is -1.61. The average Bonchev–Trinajstić information content (AvgIpc) is 2.02. The molecule has 0 aliphatic rings. The fraction of sp³-hybridized carbons (Fsp3) is 0.222. The van der Waals surface area contributed by atoms with Crippen molar-refractivity contribution >= 4 is 5.78 Å². The molecule has 0 saturated carbocycles. The lowest BCUT2D eigenvalue weighted by Gasteiger charge is -1.99. The Labute approximate surface area is 74.4 Å². The van der Waals surface area contributed by atoms with E-state index in [-0.39, 0.29) is 18.7 Å². The van der Waals surface area contributed by atoms with Crippen LogP contribution in [0.1, 0.15) is 5.56 Å². The van der Waals surface area contributed by atoms with Crippen LogP contribution in [0.3, 0.4) is 0 Å². The lowest BCUT2D eigenvalue weighted by Crippen LogP contribution is -2.15. The van der Waals surface area contributed by atoms with E-state index in [1.165, 1.54) is 0 Å². The first-order valence-electron chi connectivity index (χ1n) is 3.78. The lowest BCUT2D eigenvalue weighted by atomic mass is 10.1. The van der Waals surface area contributed by atoms with E-state index in [9.17, 15) is 13.6 Å². The summed E-state index contributed by atoms with van der Waals surface area (Å²) >= 11 is 0. The number of ketones is 1. The molecule has 0 fully saturated rings. The molecular formula is C9H9F2NO. The van der Waals surface area contributed by atoms with E-state index in [4.69, 9.17) is 5.73 Å². The molecule has 0 unspecified atom stereocenters. The van der Waals surface area contributed by atoms with Crippen LogP contribution in [-0.4, -0.2) is 12.3 Å². The highest BCUT2D eigenvalue weighted by Crippen LogP contribution is 2.08. The number of Topliss-reactive ketones (excluding diaryl/α,β-unsaturated/α-hetero) is 1. The number of carbonyl (C=O) groups is 1. The van der Waals surface area contributed by atoms with Crippen LogP contribution < -0.4 is 5.73 Å². The Hall–Kier alpha value is -1.29. The molecule has 2 N–H and O–H groups in total. The standard InChI is InChI=1S/C9H9F2NO/c10-7-1-6(2-8(11)4-7)3-9(13)5-12/h1-2,4H,3,5,12H2. The second-order valence-electron chi connectivity index (χ2n) is 2.70. The molecule has 0 amide bonds. The highest BCUT2D eigenvalue weighted by Gasteiger charge is 2.04. The number of benzene rings is 1. The Morgan fingerprint density at radius 2 is 1.77 bits per heavy atom. The Balaban J connectivity index is 2.83. The first kappa shape index (κ1) is 9.80. The van der Waals surface area contributed by atoms with Crippen LogP contribution in [-0.2, 0) is 11.2 Å². The summed E-state index contributed by atoms with van der Waals surface area (Å²) in [5.41, 5.74) is 5.37. The summed E-state index contributed by atoms with van der Waals surface area (Å²) in [5, 5.41) is 0. The van der Waals surface area contributed by atoms with Crippen molar-refractivity contribution in [1.29, 1.82) is 0 Å². The van der Waals surface area contributed by atoms with Crippen LogP contribution in [0.5, 0.6) is 0 Å². The van der Waals surface area contributed by atoms with E-state index in [1.54, 1.807) is 0 Å². The van der Waals surface area contributed by atoms with Crippen LogP contribution in [0.25, 0.3) is 0 Å². The molecule has 0 aromatic heterocycles. The summed E-state index contributed by atoms with van der Waals surface area (Å²) in [6, 6.07) is 3.00. The van der Waals surface area contributed by atoms with Gasteiger partial charge >= 0.3 is 0 Å².